The van der Waals surface area contributed by atoms with Gasteiger partial charge in [-0.15, -0.1) is 0 Å². The van der Waals surface area contributed by atoms with Crippen molar-refractivity contribution in [3.8, 4) is 0 Å². The first-order valence-electron chi connectivity index (χ1n) is 30.6. The average Bonchev–Trinajstić information content (AvgIpc) is 3.32. The Kier molecular flexibility index (Phi) is 37.9. The lowest BCUT2D eigenvalue weighted by Gasteiger charge is -2.53. The fraction of sp³-hybridized carbons (Fsp3) is 0.968. The topological polar surface area (TPSA) is 46.2 Å². The van der Waals surface area contributed by atoms with Crippen LogP contribution in [0, 0.1) is 10.8 Å². The maximum Gasteiger partial charge on any atom is 0.316 e. The van der Waals surface area contributed by atoms with Crippen LogP contribution < -0.4 is 0 Å². The van der Waals surface area contributed by atoms with Gasteiger partial charge >= 0.3 is 5.95 Å². The zero-order chi connectivity index (χ0) is 49.5. The third kappa shape index (κ3) is 23.4. The molecule has 4 unspecified atom stereocenters. The predicted octanol–water partition coefficient (Wildman–Crippen LogP) is 21.2. The number of ether oxygens (including phenoxy) is 5. The molecule has 0 N–H and O–H groups in total. The van der Waals surface area contributed by atoms with Crippen LogP contribution in [-0.4, -0.2) is 36.3 Å². The van der Waals surface area contributed by atoms with E-state index in [1.165, 1.54) is 186 Å². The predicted molar refractivity (Wildman–Crippen MR) is 293 cm³/mol. The Labute approximate surface area is 421 Å². The van der Waals surface area contributed by atoms with Crippen LogP contribution in [0.25, 0.3) is 0 Å². The molecule has 0 bridgehead atoms. The molecule has 1 aliphatic rings. The summed E-state index contributed by atoms with van der Waals surface area (Å²) in [6, 6.07) is 0. The summed E-state index contributed by atoms with van der Waals surface area (Å²) in [7, 11) is 0. The second-order valence-electron chi connectivity index (χ2n) is 22.1. The van der Waals surface area contributed by atoms with Crippen molar-refractivity contribution in [3.05, 3.63) is 12.2 Å². The van der Waals surface area contributed by atoms with Gasteiger partial charge in [-0.3, -0.25) is 0 Å². The first-order chi connectivity index (χ1) is 32.6. The smallest absolute Gasteiger partial charge is 0.316 e. The summed E-state index contributed by atoms with van der Waals surface area (Å²) in [6.07, 6.45) is 50.0. The molecule has 1 saturated carbocycles. The lowest BCUT2D eigenvalue weighted by atomic mass is 9.60. The molecule has 0 aromatic heterocycles. The summed E-state index contributed by atoms with van der Waals surface area (Å²) < 4.78 is 36.7. The minimum atomic E-state index is -0.351. The fourth-order valence-electron chi connectivity index (χ4n) is 12.8. The van der Waals surface area contributed by atoms with Gasteiger partial charge in [-0.2, -0.15) is 0 Å². The van der Waals surface area contributed by atoms with E-state index in [1.54, 1.807) is 0 Å². The molecule has 0 amide bonds. The molecule has 0 saturated heterocycles. The normalized spacial score (nSPS) is 18.4. The van der Waals surface area contributed by atoms with E-state index in [1.807, 2.05) is 0 Å². The molecule has 5 nitrogen and oxygen atoms in total. The van der Waals surface area contributed by atoms with Crippen LogP contribution in [0.15, 0.2) is 12.2 Å². The third-order valence-electron chi connectivity index (χ3n) is 16.4. The van der Waals surface area contributed by atoms with Gasteiger partial charge in [0.15, 0.2) is 12.6 Å². The molecule has 0 spiro atoms. The first kappa shape index (κ1) is 64.1. The van der Waals surface area contributed by atoms with Crippen molar-refractivity contribution >= 4 is 0 Å². The average molecular weight is 948 g/mol. The van der Waals surface area contributed by atoms with E-state index in [2.05, 4.69) is 89.3 Å². The van der Waals surface area contributed by atoms with Crippen LogP contribution in [0.4, 0.5) is 0 Å². The summed E-state index contributed by atoms with van der Waals surface area (Å²) in [6.45, 7) is 28.8. The summed E-state index contributed by atoms with van der Waals surface area (Å²) in [4.78, 5) is 0. The molecule has 0 radical (unpaired) electrons. The van der Waals surface area contributed by atoms with Crippen LogP contribution in [-0.2, 0) is 23.7 Å². The Hall–Kier alpha value is -0.940. The summed E-state index contributed by atoms with van der Waals surface area (Å²) >= 11 is 0. The van der Waals surface area contributed by atoms with Gasteiger partial charge in [0.2, 0.25) is 0 Å². The van der Waals surface area contributed by atoms with E-state index < -0.39 is 0 Å². The minimum absolute atomic E-state index is 0.0599. The highest BCUT2D eigenvalue weighted by Gasteiger charge is 2.53. The van der Waals surface area contributed by atoms with Gasteiger partial charge in [-0.1, -0.05) is 230 Å². The molecule has 1 rings (SSSR count). The Morgan fingerprint density at radius 3 is 1.22 bits per heavy atom. The molecule has 400 valence electrons. The van der Waals surface area contributed by atoms with Crippen molar-refractivity contribution < 1.29 is 23.7 Å². The Bertz CT molecular complexity index is 1110. The number of unbranched alkanes of at least 4 members (excludes halogenated alkanes) is 6. The second-order valence-corrected chi connectivity index (χ2v) is 22.1. The molecule has 1 fully saturated rings. The van der Waals surface area contributed by atoms with Gasteiger partial charge in [0, 0.05) is 23.9 Å². The van der Waals surface area contributed by atoms with Gasteiger partial charge in [0.05, 0.1) is 6.10 Å². The molecule has 1 aliphatic carbocycles. The second kappa shape index (κ2) is 39.6. The molecule has 0 aromatic rings. The Morgan fingerprint density at radius 1 is 0.448 bits per heavy atom. The van der Waals surface area contributed by atoms with E-state index in [9.17, 15) is 0 Å². The largest absolute Gasteiger partial charge is 0.487 e. The zero-order valence-corrected chi connectivity index (χ0v) is 47.8. The molecule has 5 heteroatoms. The van der Waals surface area contributed by atoms with Crippen molar-refractivity contribution in [1.29, 1.82) is 0 Å². The van der Waals surface area contributed by atoms with E-state index >= 15 is 0 Å². The van der Waals surface area contributed by atoms with E-state index in [-0.39, 0.29) is 40.5 Å². The molecular weight excluding hydrogens is 825 g/mol. The van der Waals surface area contributed by atoms with E-state index in [0.717, 1.165) is 64.2 Å². The standard InChI is InChI=1S/C62H122O5/c1-13-24-47-59(43-19-7,48-25-14-2)61(45-21-9,51-28-17-5)64-54-58(67-62(46-22-10,52-29-18-6)60(44-20-8,49-26-15-3)50-27-16-4)65-55(12)53-57(63-23-11)66-56-41-39-37-35-33-31-30-32-34-36-38-40-42-56/h54-57H,13-53H2,1-12H3/b58-54-. The number of rotatable bonds is 40. The van der Waals surface area contributed by atoms with Crippen molar-refractivity contribution in [2.75, 3.05) is 6.61 Å². The van der Waals surface area contributed by atoms with Gasteiger partial charge in [-0.25, -0.2) is 0 Å². The highest BCUT2D eigenvalue weighted by molar-refractivity contribution is 5.05. The van der Waals surface area contributed by atoms with Crippen LogP contribution in [0.3, 0.4) is 0 Å². The maximum atomic E-state index is 8.00. The first-order valence-corrected chi connectivity index (χ1v) is 30.6. The number of hydrogen-bond donors (Lipinski definition) is 0. The molecule has 0 aromatic carbocycles. The lowest BCUT2D eigenvalue weighted by Crippen LogP contribution is -2.51. The summed E-state index contributed by atoms with van der Waals surface area (Å²) in [5, 5.41) is 0. The van der Waals surface area contributed by atoms with Crippen LogP contribution in [0.1, 0.15) is 340 Å². The van der Waals surface area contributed by atoms with E-state index in [0.29, 0.717) is 19.0 Å². The fourth-order valence-corrected chi connectivity index (χ4v) is 12.8. The minimum Gasteiger partial charge on any atom is -0.487 e. The molecule has 0 aliphatic heterocycles. The summed E-state index contributed by atoms with van der Waals surface area (Å²) in [5.41, 5.74) is -0.479. The van der Waals surface area contributed by atoms with Crippen LogP contribution in [0.5, 0.6) is 0 Å². The monoisotopic (exact) mass is 947 g/mol. The van der Waals surface area contributed by atoms with Crippen LogP contribution >= 0.6 is 0 Å². The summed E-state index contributed by atoms with van der Waals surface area (Å²) in [5.74, 6) is 0.618. The van der Waals surface area contributed by atoms with Crippen molar-refractivity contribution in [1.82, 2.24) is 0 Å². The van der Waals surface area contributed by atoms with Crippen molar-refractivity contribution in [2.45, 2.75) is 370 Å². The highest BCUT2D eigenvalue weighted by atomic mass is 16.7. The van der Waals surface area contributed by atoms with Gasteiger partial charge in [-0.05, 0) is 104 Å². The van der Waals surface area contributed by atoms with Crippen molar-refractivity contribution in [2.24, 2.45) is 10.8 Å². The molecular formula is C62H122O5. The van der Waals surface area contributed by atoms with Gasteiger partial charge < -0.3 is 23.7 Å². The van der Waals surface area contributed by atoms with Gasteiger partial charge in [0.1, 0.15) is 17.3 Å². The SMILES string of the molecule is CCCCC(CCC)(CCCC)C(CCC)(CCCC)O/C=C(/OC(C)CC(OCC)OC1CCCCCCCCCCCCC1)OC(CCC)(CCCC)C(CCC)(CCCC)CCCC. The molecule has 67 heavy (non-hydrogen) atoms. The molecule has 4 atom stereocenters. The van der Waals surface area contributed by atoms with E-state index in [4.69, 9.17) is 23.7 Å². The highest BCUT2D eigenvalue weighted by Crippen LogP contribution is 2.55. The third-order valence-corrected chi connectivity index (χ3v) is 16.4. The van der Waals surface area contributed by atoms with Crippen molar-refractivity contribution in [3.63, 3.8) is 0 Å². The van der Waals surface area contributed by atoms with Gasteiger partial charge in [0.25, 0.3) is 0 Å². The maximum absolute atomic E-state index is 8.00. The lowest BCUT2D eigenvalue weighted by molar-refractivity contribution is -0.204. The molecule has 0 heterocycles. The Balaban J connectivity index is 4.11. The number of hydrogen-bond acceptors (Lipinski definition) is 5. The Morgan fingerprint density at radius 2 is 0.821 bits per heavy atom. The quantitative estimate of drug-likeness (QED) is 0.0452. The van der Waals surface area contributed by atoms with Crippen LogP contribution in [0.2, 0.25) is 0 Å². The zero-order valence-electron chi connectivity index (χ0n) is 47.8.